The molecule has 0 spiro atoms. The molecule has 22 heavy (non-hydrogen) atoms. The molecule has 2 rings (SSSR count). The first-order valence-electron chi connectivity index (χ1n) is 7.28. The average molecular weight is 316 g/mol. The van der Waals surface area contributed by atoms with Gasteiger partial charge in [0.15, 0.2) is 5.78 Å². The van der Waals surface area contributed by atoms with E-state index >= 15 is 0 Å². The van der Waals surface area contributed by atoms with Gasteiger partial charge in [-0.05, 0) is 50.2 Å². The van der Waals surface area contributed by atoms with Crippen LogP contribution in [0.3, 0.4) is 0 Å². The summed E-state index contributed by atoms with van der Waals surface area (Å²) in [6.45, 7) is 4.84. The second-order valence-corrected chi connectivity index (χ2v) is 5.85. The number of thioether (sulfide) groups is 1. The third-order valence-electron chi connectivity index (χ3n) is 3.02. The summed E-state index contributed by atoms with van der Waals surface area (Å²) >= 11 is 1.71. The number of rotatable bonds is 8. The highest BCUT2D eigenvalue weighted by molar-refractivity contribution is 7.99. The van der Waals surface area contributed by atoms with Gasteiger partial charge < -0.3 is 9.47 Å². The van der Waals surface area contributed by atoms with Crippen LogP contribution in [-0.4, -0.2) is 24.7 Å². The Balaban J connectivity index is 1.73. The minimum absolute atomic E-state index is 0.0929. The lowest BCUT2D eigenvalue weighted by Gasteiger charge is -2.08. The maximum Gasteiger partial charge on any atom is 0.159 e. The predicted octanol–water partition coefficient (Wildman–Crippen LogP) is 4.46. The molecule has 0 aromatic heterocycles. The predicted molar refractivity (Wildman–Crippen MR) is 90.3 cm³/mol. The van der Waals surface area contributed by atoms with Crippen LogP contribution in [0.2, 0.25) is 0 Å². The molecule has 4 heteroatoms. The van der Waals surface area contributed by atoms with E-state index in [1.807, 2.05) is 55.5 Å². The lowest BCUT2D eigenvalue weighted by Crippen LogP contribution is -2.00. The molecule has 0 aliphatic carbocycles. The number of hydrogen-bond acceptors (Lipinski definition) is 4. The van der Waals surface area contributed by atoms with Gasteiger partial charge in [-0.15, -0.1) is 11.8 Å². The van der Waals surface area contributed by atoms with Crippen molar-refractivity contribution < 1.29 is 14.3 Å². The van der Waals surface area contributed by atoms with Gasteiger partial charge in [-0.1, -0.05) is 12.1 Å². The topological polar surface area (TPSA) is 35.5 Å². The van der Waals surface area contributed by atoms with Crippen molar-refractivity contribution in [2.45, 2.75) is 18.7 Å². The molecule has 0 aliphatic heterocycles. The lowest BCUT2D eigenvalue weighted by molar-refractivity contribution is 0.101. The minimum Gasteiger partial charge on any atom is -0.494 e. The number of carbonyl (C=O) groups excluding carboxylic acids is 1. The molecule has 2 aromatic carbocycles. The second-order valence-electron chi connectivity index (χ2n) is 4.68. The van der Waals surface area contributed by atoms with Crippen LogP contribution in [0.1, 0.15) is 24.2 Å². The van der Waals surface area contributed by atoms with Gasteiger partial charge in [0.05, 0.1) is 13.2 Å². The van der Waals surface area contributed by atoms with Crippen LogP contribution in [0.15, 0.2) is 53.4 Å². The smallest absolute Gasteiger partial charge is 0.159 e. The van der Waals surface area contributed by atoms with E-state index in [4.69, 9.17) is 9.47 Å². The number of benzene rings is 2. The van der Waals surface area contributed by atoms with E-state index in [0.717, 1.165) is 27.7 Å². The van der Waals surface area contributed by atoms with E-state index in [2.05, 4.69) is 0 Å². The van der Waals surface area contributed by atoms with E-state index in [9.17, 15) is 4.79 Å². The fourth-order valence-corrected chi connectivity index (χ4v) is 2.63. The van der Waals surface area contributed by atoms with Crippen LogP contribution in [0.5, 0.6) is 11.5 Å². The summed E-state index contributed by atoms with van der Waals surface area (Å²) in [6, 6.07) is 15.3. The van der Waals surface area contributed by atoms with Gasteiger partial charge in [0.2, 0.25) is 0 Å². The van der Waals surface area contributed by atoms with E-state index in [1.165, 1.54) is 0 Å². The first-order valence-corrected chi connectivity index (χ1v) is 8.27. The SMILES string of the molecule is CCOc1ccc(OCCSc2ccc(C(C)=O)cc2)cc1. The van der Waals surface area contributed by atoms with Crippen molar-refractivity contribution in [3.05, 3.63) is 54.1 Å². The second kappa shape index (κ2) is 8.49. The molecule has 0 heterocycles. The lowest BCUT2D eigenvalue weighted by atomic mass is 10.2. The summed E-state index contributed by atoms with van der Waals surface area (Å²) in [5.74, 6) is 2.65. The zero-order valence-electron chi connectivity index (χ0n) is 12.9. The highest BCUT2D eigenvalue weighted by atomic mass is 32.2. The Morgan fingerprint density at radius 2 is 1.55 bits per heavy atom. The van der Waals surface area contributed by atoms with Gasteiger partial charge in [-0.3, -0.25) is 4.79 Å². The van der Waals surface area contributed by atoms with Gasteiger partial charge in [0, 0.05) is 16.2 Å². The molecule has 0 amide bonds. The average Bonchev–Trinajstić information content (AvgIpc) is 2.54. The quantitative estimate of drug-likeness (QED) is 0.409. The Kier molecular flexibility index (Phi) is 6.34. The van der Waals surface area contributed by atoms with Gasteiger partial charge in [0.25, 0.3) is 0 Å². The fraction of sp³-hybridized carbons (Fsp3) is 0.278. The Morgan fingerprint density at radius 3 is 2.09 bits per heavy atom. The Labute approximate surface area is 135 Å². The van der Waals surface area contributed by atoms with Gasteiger partial charge in [-0.2, -0.15) is 0 Å². The summed E-state index contributed by atoms with van der Waals surface area (Å²) in [7, 11) is 0. The van der Waals surface area contributed by atoms with E-state index < -0.39 is 0 Å². The Bertz CT molecular complexity index is 591. The van der Waals surface area contributed by atoms with Crippen LogP contribution in [0.4, 0.5) is 0 Å². The molecule has 0 aliphatic rings. The maximum atomic E-state index is 11.2. The molecule has 116 valence electrons. The molecule has 0 bridgehead atoms. The standard InChI is InChI=1S/C18H20O3S/c1-3-20-16-6-8-17(9-7-16)21-12-13-22-18-10-4-15(5-11-18)14(2)19/h4-11H,3,12-13H2,1-2H3. The zero-order chi connectivity index (χ0) is 15.8. The number of hydrogen-bond donors (Lipinski definition) is 0. The van der Waals surface area contributed by atoms with Crippen LogP contribution < -0.4 is 9.47 Å². The highest BCUT2D eigenvalue weighted by Gasteiger charge is 2.00. The molecule has 3 nitrogen and oxygen atoms in total. The summed E-state index contributed by atoms with van der Waals surface area (Å²) in [6.07, 6.45) is 0. The monoisotopic (exact) mass is 316 g/mol. The maximum absolute atomic E-state index is 11.2. The number of Topliss-reactive ketones (excluding diaryl/α,β-unsaturated/α-hetero) is 1. The van der Waals surface area contributed by atoms with Gasteiger partial charge >= 0.3 is 0 Å². The number of ether oxygens (including phenoxy) is 2. The summed E-state index contributed by atoms with van der Waals surface area (Å²) < 4.78 is 11.1. The van der Waals surface area contributed by atoms with Crippen LogP contribution >= 0.6 is 11.8 Å². The molecule has 0 saturated heterocycles. The molecular weight excluding hydrogens is 296 g/mol. The number of ketones is 1. The van der Waals surface area contributed by atoms with E-state index in [-0.39, 0.29) is 5.78 Å². The molecule has 0 fully saturated rings. The molecule has 0 atom stereocenters. The molecule has 0 radical (unpaired) electrons. The van der Waals surface area contributed by atoms with Crippen molar-refractivity contribution in [2.24, 2.45) is 0 Å². The van der Waals surface area contributed by atoms with Crippen LogP contribution in [0, 0.1) is 0 Å². The minimum atomic E-state index is 0.0929. The Morgan fingerprint density at radius 1 is 0.955 bits per heavy atom. The summed E-state index contributed by atoms with van der Waals surface area (Å²) in [4.78, 5) is 12.3. The zero-order valence-corrected chi connectivity index (χ0v) is 13.7. The summed E-state index contributed by atoms with van der Waals surface area (Å²) in [5, 5.41) is 0. The third-order valence-corrected chi connectivity index (χ3v) is 3.99. The van der Waals surface area contributed by atoms with Crippen molar-refractivity contribution in [1.82, 2.24) is 0 Å². The van der Waals surface area contributed by atoms with Crippen LogP contribution in [0.25, 0.3) is 0 Å². The van der Waals surface area contributed by atoms with Crippen molar-refractivity contribution in [3.63, 3.8) is 0 Å². The third kappa shape index (κ3) is 5.11. The van der Waals surface area contributed by atoms with E-state index in [0.29, 0.717) is 13.2 Å². The summed E-state index contributed by atoms with van der Waals surface area (Å²) in [5.41, 5.74) is 0.745. The van der Waals surface area contributed by atoms with Gasteiger partial charge in [-0.25, -0.2) is 0 Å². The Hall–Kier alpha value is -1.94. The highest BCUT2D eigenvalue weighted by Crippen LogP contribution is 2.20. The largest absolute Gasteiger partial charge is 0.494 e. The molecular formula is C18H20O3S. The van der Waals surface area contributed by atoms with E-state index in [1.54, 1.807) is 18.7 Å². The van der Waals surface area contributed by atoms with Crippen molar-refractivity contribution in [2.75, 3.05) is 19.0 Å². The first kappa shape index (κ1) is 16.4. The fourth-order valence-electron chi connectivity index (χ4n) is 1.90. The van der Waals surface area contributed by atoms with Crippen molar-refractivity contribution in [1.29, 1.82) is 0 Å². The number of carbonyl (C=O) groups is 1. The van der Waals surface area contributed by atoms with Gasteiger partial charge in [0.1, 0.15) is 11.5 Å². The normalized spacial score (nSPS) is 10.3. The van der Waals surface area contributed by atoms with Crippen molar-refractivity contribution >= 4 is 17.5 Å². The molecule has 0 saturated carbocycles. The van der Waals surface area contributed by atoms with Crippen molar-refractivity contribution in [3.8, 4) is 11.5 Å². The molecule has 0 N–H and O–H groups in total. The molecule has 0 unspecified atom stereocenters. The molecule has 2 aromatic rings. The van der Waals surface area contributed by atoms with Crippen LogP contribution in [-0.2, 0) is 0 Å². The first-order chi connectivity index (χ1) is 10.7.